The van der Waals surface area contributed by atoms with Crippen molar-refractivity contribution in [2.75, 3.05) is 0 Å². The van der Waals surface area contributed by atoms with Crippen LogP contribution in [0, 0.1) is 0 Å². The molecule has 0 aromatic heterocycles. The summed E-state index contributed by atoms with van der Waals surface area (Å²) in [6.45, 7) is 0. The molecule has 0 aromatic rings. The van der Waals surface area contributed by atoms with E-state index in [0.29, 0.717) is 0 Å². The van der Waals surface area contributed by atoms with E-state index >= 15 is 0 Å². The van der Waals surface area contributed by atoms with E-state index in [-0.39, 0.29) is 23.9 Å². The van der Waals surface area contributed by atoms with E-state index in [1.165, 1.54) is 0 Å². The predicted molar refractivity (Wildman–Crippen MR) is 42.3 cm³/mol. The Balaban J connectivity index is 0.000000640. The standard InChI is InChI=1S/C8H8.Sn/c1-2-4-6-8-7-5-3-1;/h1-8H;. The average Bonchev–Trinajstić information content (AvgIpc) is 1.62. The van der Waals surface area contributed by atoms with Gasteiger partial charge in [-0.15, -0.1) is 0 Å². The molecule has 0 aromatic carbocycles. The fourth-order valence-electron chi connectivity index (χ4n) is 0.513. The van der Waals surface area contributed by atoms with Crippen LogP contribution in [0.1, 0.15) is 0 Å². The third kappa shape index (κ3) is 4.27. The summed E-state index contributed by atoms with van der Waals surface area (Å²) >= 11 is 0. The van der Waals surface area contributed by atoms with E-state index in [1.54, 1.807) is 0 Å². The summed E-state index contributed by atoms with van der Waals surface area (Å²) in [6, 6.07) is 0. The van der Waals surface area contributed by atoms with Gasteiger partial charge in [-0.2, -0.15) is 0 Å². The average molecular weight is 223 g/mol. The number of rotatable bonds is 0. The molecule has 1 rings (SSSR count). The van der Waals surface area contributed by atoms with Crippen molar-refractivity contribution in [3.8, 4) is 0 Å². The Morgan fingerprint density at radius 1 is 0.333 bits per heavy atom. The van der Waals surface area contributed by atoms with Gasteiger partial charge in [0.05, 0.1) is 0 Å². The molecule has 0 atom stereocenters. The van der Waals surface area contributed by atoms with E-state index in [2.05, 4.69) is 0 Å². The maximum absolute atomic E-state index is 2.00. The molecular weight excluding hydrogens is 215 g/mol. The fourth-order valence-corrected chi connectivity index (χ4v) is 0.513. The Morgan fingerprint density at radius 2 is 0.444 bits per heavy atom. The largest absolute Gasteiger partial charge is 0.0623 e. The second-order valence-corrected chi connectivity index (χ2v) is 1.54. The maximum atomic E-state index is 2.00. The van der Waals surface area contributed by atoms with Gasteiger partial charge in [0.1, 0.15) is 0 Å². The summed E-state index contributed by atoms with van der Waals surface area (Å²) in [7, 11) is 0. The van der Waals surface area contributed by atoms with Gasteiger partial charge in [0, 0.05) is 23.9 Å². The summed E-state index contributed by atoms with van der Waals surface area (Å²) in [5.41, 5.74) is 0. The zero-order valence-electron chi connectivity index (χ0n) is 5.12. The van der Waals surface area contributed by atoms with E-state index < -0.39 is 0 Å². The van der Waals surface area contributed by atoms with Crippen molar-refractivity contribution in [1.29, 1.82) is 0 Å². The number of hydrogen-bond donors (Lipinski definition) is 0. The van der Waals surface area contributed by atoms with Gasteiger partial charge >= 0.3 is 0 Å². The van der Waals surface area contributed by atoms with E-state index in [0.717, 1.165) is 0 Å². The van der Waals surface area contributed by atoms with Crippen molar-refractivity contribution in [1.82, 2.24) is 0 Å². The molecular formula is C8H8Sn. The van der Waals surface area contributed by atoms with Crippen molar-refractivity contribution < 1.29 is 0 Å². The molecule has 0 nitrogen and oxygen atoms in total. The van der Waals surface area contributed by atoms with Gasteiger partial charge in [0.15, 0.2) is 0 Å². The van der Waals surface area contributed by atoms with Gasteiger partial charge in [-0.05, 0) is 0 Å². The first-order valence-electron chi connectivity index (χ1n) is 2.67. The molecule has 0 heterocycles. The Morgan fingerprint density at radius 3 is 0.556 bits per heavy atom. The maximum Gasteiger partial charge on any atom is 0 e. The molecule has 0 saturated heterocycles. The Kier molecular flexibility index (Phi) is 5.73. The summed E-state index contributed by atoms with van der Waals surface area (Å²) < 4.78 is 0. The van der Waals surface area contributed by atoms with Crippen LogP contribution in [-0.4, -0.2) is 23.9 Å². The monoisotopic (exact) mass is 224 g/mol. The van der Waals surface area contributed by atoms with Crippen molar-refractivity contribution in [2.24, 2.45) is 0 Å². The molecule has 1 heteroatoms. The van der Waals surface area contributed by atoms with Crippen LogP contribution in [0.2, 0.25) is 0 Å². The first-order valence-corrected chi connectivity index (χ1v) is 2.67. The van der Waals surface area contributed by atoms with E-state index in [9.17, 15) is 0 Å². The molecule has 0 amide bonds. The van der Waals surface area contributed by atoms with Crippen molar-refractivity contribution in [3.05, 3.63) is 48.6 Å². The fraction of sp³-hybridized carbons (Fsp3) is 0. The molecule has 0 saturated carbocycles. The summed E-state index contributed by atoms with van der Waals surface area (Å²) in [6.07, 6.45) is 16.0. The van der Waals surface area contributed by atoms with Crippen LogP contribution in [0.5, 0.6) is 0 Å². The Hall–Kier alpha value is -0.241. The first-order chi connectivity index (χ1) is 4.00. The predicted octanol–water partition coefficient (Wildman–Crippen LogP) is 1.84. The number of hydrogen-bond acceptors (Lipinski definition) is 0. The third-order valence-electron chi connectivity index (χ3n) is 0.889. The van der Waals surface area contributed by atoms with Gasteiger partial charge in [0.2, 0.25) is 0 Å². The smallest absolute Gasteiger partial charge is 0 e. The van der Waals surface area contributed by atoms with Crippen LogP contribution in [-0.2, 0) is 0 Å². The molecule has 0 N–H and O–H groups in total. The zero-order valence-corrected chi connectivity index (χ0v) is 7.97. The zero-order chi connectivity index (χ0) is 5.66. The molecule has 4 radical (unpaired) electrons. The molecule has 9 heavy (non-hydrogen) atoms. The number of allylic oxidation sites excluding steroid dienone is 8. The summed E-state index contributed by atoms with van der Waals surface area (Å²) in [5.74, 6) is 0. The normalized spacial score (nSPS) is 14.2. The van der Waals surface area contributed by atoms with Gasteiger partial charge in [-0.3, -0.25) is 0 Å². The van der Waals surface area contributed by atoms with E-state index in [4.69, 9.17) is 0 Å². The molecule has 0 spiro atoms. The minimum absolute atomic E-state index is 0. The molecule has 44 valence electrons. The third-order valence-corrected chi connectivity index (χ3v) is 0.889. The SMILES string of the molecule is C1=CC=CC=CC=C1.[Sn]. The van der Waals surface area contributed by atoms with Crippen LogP contribution in [0.25, 0.3) is 0 Å². The van der Waals surface area contributed by atoms with Gasteiger partial charge < -0.3 is 0 Å². The van der Waals surface area contributed by atoms with Crippen LogP contribution in [0.15, 0.2) is 48.6 Å². The second kappa shape index (κ2) is 5.89. The van der Waals surface area contributed by atoms with Gasteiger partial charge in [-0.25, -0.2) is 0 Å². The van der Waals surface area contributed by atoms with Gasteiger partial charge in [0.25, 0.3) is 0 Å². The van der Waals surface area contributed by atoms with E-state index in [1.807, 2.05) is 48.6 Å². The van der Waals surface area contributed by atoms with Crippen molar-refractivity contribution in [3.63, 3.8) is 0 Å². The van der Waals surface area contributed by atoms with Crippen molar-refractivity contribution in [2.45, 2.75) is 0 Å². The summed E-state index contributed by atoms with van der Waals surface area (Å²) in [4.78, 5) is 0. The quantitative estimate of drug-likeness (QED) is 0.549. The van der Waals surface area contributed by atoms with Crippen LogP contribution in [0.3, 0.4) is 0 Å². The molecule has 0 aliphatic heterocycles. The molecule has 1 aliphatic rings. The minimum atomic E-state index is 0. The van der Waals surface area contributed by atoms with Crippen molar-refractivity contribution >= 4 is 23.9 Å². The molecule has 0 fully saturated rings. The van der Waals surface area contributed by atoms with Crippen LogP contribution < -0.4 is 0 Å². The van der Waals surface area contributed by atoms with Crippen LogP contribution >= 0.6 is 0 Å². The summed E-state index contributed by atoms with van der Waals surface area (Å²) in [5, 5.41) is 0. The van der Waals surface area contributed by atoms with Gasteiger partial charge in [-0.1, -0.05) is 48.6 Å². The Labute approximate surface area is 72.6 Å². The molecule has 0 unspecified atom stereocenters. The van der Waals surface area contributed by atoms with Crippen LogP contribution in [0.4, 0.5) is 0 Å². The second-order valence-electron chi connectivity index (χ2n) is 1.54. The minimum Gasteiger partial charge on any atom is -0.0623 e. The molecule has 0 bridgehead atoms. The first kappa shape index (κ1) is 8.76. The molecule has 1 aliphatic carbocycles. The topological polar surface area (TPSA) is 0 Å². The Bertz CT molecular complexity index is 105.